The second kappa shape index (κ2) is 9.92. The Bertz CT molecular complexity index is 815. The molecule has 29 heavy (non-hydrogen) atoms. The summed E-state index contributed by atoms with van der Waals surface area (Å²) in [5.41, 5.74) is 0.279. The molecule has 3 N–H and O–H groups in total. The molecule has 0 fully saturated rings. The van der Waals surface area contributed by atoms with Crippen molar-refractivity contribution < 1.29 is 41.3 Å². The first-order chi connectivity index (χ1) is 13.6. The molecule has 1 atom stereocenters. The Hall–Kier alpha value is -3.08. The summed E-state index contributed by atoms with van der Waals surface area (Å²) in [4.78, 5) is 11.7. The van der Waals surface area contributed by atoms with Crippen LogP contribution in [0.2, 0.25) is 0 Å². The van der Waals surface area contributed by atoms with Gasteiger partial charge in [-0.15, -0.1) is 13.2 Å². The van der Waals surface area contributed by atoms with E-state index in [4.69, 9.17) is 4.74 Å². The number of nitrogens with one attached hydrogen (secondary N) is 2. The fourth-order valence-corrected chi connectivity index (χ4v) is 2.16. The highest BCUT2D eigenvalue weighted by molar-refractivity contribution is 5.73. The number of ether oxygens (including phenoxy) is 2. The van der Waals surface area contributed by atoms with Gasteiger partial charge in [-0.1, -0.05) is 12.1 Å². The Morgan fingerprint density at radius 1 is 1.00 bits per heavy atom. The number of urea groups is 1. The molecule has 2 amide bonds. The molecule has 2 rings (SSSR count). The van der Waals surface area contributed by atoms with Gasteiger partial charge in [0.05, 0.1) is 12.6 Å². The van der Waals surface area contributed by atoms with Gasteiger partial charge in [-0.3, -0.25) is 0 Å². The second-order valence-electron chi connectivity index (χ2n) is 5.69. The van der Waals surface area contributed by atoms with E-state index in [1.165, 1.54) is 18.2 Å². The number of alkyl halides is 3. The first kappa shape index (κ1) is 22.2. The van der Waals surface area contributed by atoms with Crippen LogP contribution in [0.4, 0.5) is 26.7 Å². The van der Waals surface area contributed by atoms with Gasteiger partial charge in [0.1, 0.15) is 18.1 Å². The van der Waals surface area contributed by atoms with Crippen molar-refractivity contribution in [2.24, 2.45) is 0 Å². The van der Waals surface area contributed by atoms with E-state index >= 15 is 0 Å². The van der Waals surface area contributed by atoms with Crippen molar-refractivity contribution >= 4 is 6.03 Å². The predicted molar refractivity (Wildman–Crippen MR) is 91.3 cm³/mol. The molecule has 0 saturated carbocycles. The molecular formula is C18H17F5N2O4. The van der Waals surface area contributed by atoms with Gasteiger partial charge in [-0.2, -0.15) is 0 Å². The smallest absolute Gasteiger partial charge is 0.492 e. The highest BCUT2D eigenvalue weighted by Gasteiger charge is 2.31. The fourth-order valence-electron chi connectivity index (χ4n) is 2.16. The molecule has 0 spiro atoms. The van der Waals surface area contributed by atoms with Crippen LogP contribution in [0.15, 0.2) is 42.5 Å². The van der Waals surface area contributed by atoms with Crippen molar-refractivity contribution in [3.8, 4) is 11.5 Å². The summed E-state index contributed by atoms with van der Waals surface area (Å²) in [6.45, 7) is -0.165. The van der Waals surface area contributed by atoms with Gasteiger partial charge >= 0.3 is 12.4 Å². The summed E-state index contributed by atoms with van der Waals surface area (Å²) in [5, 5.41) is 14.8. The van der Waals surface area contributed by atoms with Crippen LogP contribution >= 0.6 is 0 Å². The molecule has 158 valence electrons. The molecule has 0 aliphatic heterocycles. The van der Waals surface area contributed by atoms with Gasteiger partial charge in [-0.05, 0) is 29.8 Å². The number of aliphatic hydroxyl groups excluding tert-OH is 1. The maximum atomic E-state index is 13.0. The lowest BCUT2D eigenvalue weighted by Gasteiger charge is -2.14. The van der Waals surface area contributed by atoms with Gasteiger partial charge < -0.3 is 25.2 Å². The number of carbonyl (C=O) groups excluding carboxylic acids is 1. The summed E-state index contributed by atoms with van der Waals surface area (Å²) in [6, 6.07) is 6.95. The van der Waals surface area contributed by atoms with Gasteiger partial charge in [0, 0.05) is 12.6 Å². The van der Waals surface area contributed by atoms with E-state index in [0.717, 1.165) is 24.3 Å². The molecule has 0 aromatic heterocycles. The summed E-state index contributed by atoms with van der Waals surface area (Å²) in [5.74, 6) is -2.39. The van der Waals surface area contributed by atoms with E-state index in [2.05, 4.69) is 15.4 Å². The third-order valence-corrected chi connectivity index (χ3v) is 3.50. The molecule has 6 nitrogen and oxygen atoms in total. The molecule has 0 bridgehead atoms. The Kier molecular flexibility index (Phi) is 7.59. The van der Waals surface area contributed by atoms with Crippen LogP contribution in [0.25, 0.3) is 0 Å². The topological polar surface area (TPSA) is 79.8 Å². The average molecular weight is 420 g/mol. The first-order valence-electron chi connectivity index (χ1n) is 8.27. The number of hydrogen-bond donors (Lipinski definition) is 3. The molecule has 0 radical (unpaired) electrons. The van der Waals surface area contributed by atoms with E-state index in [1.807, 2.05) is 0 Å². The summed E-state index contributed by atoms with van der Waals surface area (Å²) < 4.78 is 71.0. The Morgan fingerprint density at radius 2 is 1.66 bits per heavy atom. The molecule has 0 aliphatic carbocycles. The zero-order chi connectivity index (χ0) is 21.4. The van der Waals surface area contributed by atoms with Crippen LogP contribution in [0.1, 0.15) is 11.7 Å². The number of rotatable bonds is 8. The van der Waals surface area contributed by atoms with Crippen molar-refractivity contribution in [2.45, 2.75) is 12.5 Å². The summed E-state index contributed by atoms with van der Waals surface area (Å²) >= 11 is 0. The monoisotopic (exact) mass is 420 g/mol. The lowest BCUT2D eigenvalue weighted by Crippen LogP contribution is -2.39. The molecule has 2 aromatic carbocycles. The molecule has 0 heterocycles. The molecule has 11 heteroatoms. The predicted octanol–water partition coefficient (Wildman–Crippen LogP) is 3.28. The number of amides is 2. The normalized spacial score (nSPS) is 12.2. The van der Waals surface area contributed by atoms with Crippen molar-refractivity contribution in [1.29, 1.82) is 0 Å². The lowest BCUT2D eigenvalue weighted by atomic mass is 10.1. The van der Waals surface area contributed by atoms with Gasteiger partial charge in [0.2, 0.25) is 0 Å². The minimum absolute atomic E-state index is 0.0122. The maximum absolute atomic E-state index is 13.0. The standard InChI is InChI=1S/C18H17F5N2O4/c19-14-6-5-13(9-15(14)20)28-8-7-24-17(27)25-10-16(26)11-1-3-12(4-2-11)29-18(21,22)23/h1-6,9,16,26H,7-8,10H2,(H2,24,25,27). The number of aliphatic hydroxyl groups is 1. The lowest BCUT2D eigenvalue weighted by molar-refractivity contribution is -0.274. The Labute approximate surface area is 162 Å². The number of hydrogen-bond acceptors (Lipinski definition) is 4. The van der Waals surface area contributed by atoms with Crippen molar-refractivity contribution in [1.82, 2.24) is 10.6 Å². The Morgan fingerprint density at radius 3 is 2.28 bits per heavy atom. The molecule has 1 unspecified atom stereocenters. The first-order valence-corrected chi connectivity index (χ1v) is 8.27. The van der Waals surface area contributed by atoms with Crippen LogP contribution in [-0.2, 0) is 0 Å². The zero-order valence-corrected chi connectivity index (χ0v) is 14.8. The third kappa shape index (κ3) is 7.82. The van der Waals surface area contributed by atoms with Gasteiger partial charge in [-0.25, -0.2) is 13.6 Å². The van der Waals surface area contributed by atoms with Crippen LogP contribution in [-0.4, -0.2) is 37.2 Å². The SMILES string of the molecule is O=C(NCCOc1ccc(F)c(F)c1)NCC(O)c1ccc(OC(F)(F)F)cc1. The number of carbonyl (C=O) groups is 1. The fraction of sp³-hybridized carbons (Fsp3) is 0.278. The third-order valence-electron chi connectivity index (χ3n) is 3.50. The van der Waals surface area contributed by atoms with Crippen LogP contribution in [0, 0.1) is 11.6 Å². The largest absolute Gasteiger partial charge is 0.573 e. The van der Waals surface area contributed by atoms with Gasteiger partial charge in [0.15, 0.2) is 11.6 Å². The zero-order valence-electron chi connectivity index (χ0n) is 14.8. The van der Waals surface area contributed by atoms with E-state index in [-0.39, 0.29) is 31.0 Å². The van der Waals surface area contributed by atoms with Crippen LogP contribution in [0.5, 0.6) is 11.5 Å². The highest BCUT2D eigenvalue weighted by atomic mass is 19.4. The van der Waals surface area contributed by atoms with Crippen molar-refractivity contribution in [3.05, 3.63) is 59.7 Å². The summed E-state index contributed by atoms with van der Waals surface area (Å²) in [7, 11) is 0. The van der Waals surface area contributed by atoms with E-state index in [1.54, 1.807) is 0 Å². The highest BCUT2D eigenvalue weighted by Crippen LogP contribution is 2.24. The quantitative estimate of drug-likeness (QED) is 0.453. The van der Waals surface area contributed by atoms with Crippen LogP contribution < -0.4 is 20.1 Å². The molecule has 0 aliphatic rings. The average Bonchev–Trinajstić information content (AvgIpc) is 2.65. The number of halogens is 5. The minimum Gasteiger partial charge on any atom is -0.492 e. The summed E-state index contributed by atoms with van der Waals surface area (Å²) in [6.07, 6.45) is -5.96. The van der Waals surface area contributed by atoms with Gasteiger partial charge in [0.25, 0.3) is 0 Å². The second-order valence-corrected chi connectivity index (χ2v) is 5.69. The number of benzene rings is 2. The molecule has 0 saturated heterocycles. The Balaban J connectivity index is 1.68. The van der Waals surface area contributed by atoms with E-state index in [9.17, 15) is 31.9 Å². The van der Waals surface area contributed by atoms with Crippen LogP contribution in [0.3, 0.4) is 0 Å². The molecular weight excluding hydrogens is 403 g/mol. The van der Waals surface area contributed by atoms with Crippen molar-refractivity contribution in [2.75, 3.05) is 19.7 Å². The van der Waals surface area contributed by atoms with E-state index in [0.29, 0.717) is 0 Å². The maximum Gasteiger partial charge on any atom is 0.573 e. The van der Waals surface area contributed by atoms with E-state index < -0.39 is 35.9 Å². The van der Waals surface area contributed by atoms with Crippen molar-refractivity contribution in [3.63, 3.8) is 0 Å². The minimum atomic E-state index is -4.81. The molecule has 2 aromatic rings.